The van der Waals surface area contributed by atoms with Gasteiger partial charge in [0.2, 0.25) is 5.88 Å². The number of hydrogen-bond donors (Lipinski definition) is 2. The molecule has 0 atom stereocenters. The van der Waals surface area contributed by atoms with Gasteiger partial charge in [0.15, 0.2) is 5.11 Å². The van der Waals surface area contributed by atoms with E-state index in [0.29, 0.717) is 18.2 Å². The highest BCUT2D eigenvalue weighted by atomic mass is 32.2. The average molecular weight is 351 g/mol. The van der Waals surface area contributed by atoms with Crippen molar-refractivity contribution in [2.24, 2.45) is 0 Å². The Morgan fingerprint density at radius 3 is 2.61 bits per heavy atom. The lowest BCUT2D eigenvalue weighted by Gasteiger charge is -2.12. The third-order valence-corrected chi connectivity index (χ3v) is 4.54. The van der Waals surface area contributed by atoms with Gasteiger partial charge in [0.05, 0.1) is 11.5 Å². The van der Waals surface area contributed by atoms with Gasteiger partial charge in [0.1, 0.15) is 0 Å². The molecule has 2 rings (SSSR count). The molecule has 8 heteroatoms. The van der Waals surface area contributed by atoms with Crippen LogP contribution < -0.4 is 14.8 Å². The van der Waals surface area contributed by atoms with Gasteiger partial charge in [-0.2, -0.15) is 0 Å². The number of sulfonamides is 1. The number of benzene rings is 1. The maximum Gasteiger partial charge on any atom is 0.263 e. The molecule has 0 aliphatic rings. The molecule has 0 spiro atoms. The maximum absolute atomic E-state index is 12.2. The van der Waals surface area contributed by atoms with Crippen LogP contribution >= 0.6 is 12.2 Å². The molecule has 2 aromatic rings. The molecule has 23 heavy (non-hydrogen) atoms. The van der Waals surface area contributed by atoms with Gasteiger partial charge in [-0.05, 0) is 44.3 Å². The molecule has 122 valence electrons. The first-order valence-corrected chi connectivity index (χ1v) is 8.79. The van der Waals surface area contributed by atoms with Crippen molar-refractivity contribution in [2.75, 3.05) is 11.9 Å². The van der Waals surface area contributed by atoms with E-state index in [-0.39, 0.29) is 10.0 Å². The summed E-state index contributed by atoms with van der Waals surface area (Å²) in [5.74, 6) is 0.432. The fraction of sp³-hybridized carbons (Fsp3) is 0.200. The normalized spacial score (nSPS) is 10.9. The Morgan fingerprint density at radius 2 is 1.96 bits per heavy atom. The first-order chi connectivity index (χ1) is 10.9. The van der Waals surface area contributed by atoms with E-state index in [9.17, 15) is 8.42 Å². The van der Waals surface area contributed by atoms with Crippen molar-refractivity contribution in [3.05, 3.63) is 48.2 Å². The van der Waals surface area contributed by atoms with Gasteiger partial charge in [0, 0.05) is 18.0 Å². The van der Waals surface area contributed by atoms with E-state index in [1.807, 2.05) is 13.8 Å². The Labute approximate surface area is 141 Å². The highest BCUT2D eigenvalue weighted by Gasteiger charge is 2.15. The van der Waals surface area contributed by atoms with E-state index in [1.54, 1.807) is 30.5 Å². The second-order valence-electron chi connectivity index (χ2n) is 4.69. The molecular formula is C15H17N3O3S2. The molecule has 1 heterocycles. The van der Waals surface area contributed by atoms with Gasteiger partial charge in [-0.25, -0.2) is 13.4 Å². The standard InChI is InChI=1S/C15H17N3O3S2/c1-3-21-14-10-12(8-9-16-14)17-15(22)18-23(19,20)13-6-4-11(2)5-7-13/h4-10H,3H2,1-2H3,(H2,16,17,18,22). The van der Waals surface area contributed by atoms with Crippen LogP contribution in [0.4, 0.5) is 5.69 Å². The molecule has 0 saturated heterocycles. The number of aromatic nitrogens is 1. The van der Waals surface area contributed by atoms with Gasteiger partial charge >= 0.3 is 0 Å². The average Bonchev–Trinajstić information content (AvgIpc) is 2.47. The maximum atomic E-state index is 12.2. The molecule has 0 aliphatic carbocycles. The zero-order valence-corrected chi connectivity index (χ0v) is 14.4. The van der Waals surface area contributed by atoms with E-state index in [0.717, 1.165) is 5.56 Å². The van der Waals surface area contributed by atoms with Crippen LogP contribution in [0.2, 0.25) is 0 Å². The van der Waals surface area contributed by atoms with E-state index in [4.69, 9.17) is 17.0 Å². The highest BCUT2D eigenvalue weighted by Crippen LogP contribution is 2.14. The van der Waals surface area contributed by atoms with E-state index in [2.05, 4.69) is 15.0 Å². The quantitative estimate of drug-likeness (QED) is 0.806. The fourth-order valence-corrected chi connectivity index (χ4v) is 3.12. The van der Waals surface area contributed by atoms with Gasteiger partial charge < -0.3 is 10.1 Å². The van der Waals surface area contributed by atoms with Crippen LogP contribution in [0.1, 0.15) is 12.5 Å². The SMILES string of the molecule is CCOc1cc(NC(=S)NS(=O)(=O)c2ccc(C)cc2)ccn1. The molecule has 0 bridgehead atoms. The number of nitrogens with one attached hydrogen (secondary N) is 2. The molecule has 1 aromatic carbocycles. The lowest BCUT2D eigenvalue weighted by Crippen LogP contribution is -2.34. The minimum absolute atomic E-state index is 0.0285. The van der Waals surface area contributed by atoms with Crippen LogP contribution in [0, 0.1) is 6.92 Å². The number of thiocarbonyl (C=S) groups is 1. The Bertz CT molecular complexity index is 790. The number of anilines is 1. The van der Waals surface area contributed by atoms with Gasteiger partial charge in [-0.1, -0.05) is 17.7 Å². The van der Waals surface area contributed by atoms with Gasteiger partial charge in [0.25, 0.3) is 10.0 Å². The highest BCUT2D eigenvalue weighted by molar-refractivity contribution is 7.92. The van der Waals surface area contributed by atoms with Crippen molar-refractivity contribution >= 4 is 33.0 Å². The summed E-state index contributed by atoms with van der Waals surface area (Å²) in [5, 5.41) is 2.77. The van der Waals surface area contributed by atoms with Crippen molar-refractivity contribution in [3.63, 3.8) is 0 Å². The number of aryl methyl sites for hydroxylation is 1. The number of pyridine rings is 1. The van der Waals surface area contributed by atoms with Crippen molar-refractivity contribution in [3.8, 4) is 5.88 Å². The third-order valence-electron chi connectivity index (χ3n) is 2.84. The number of rotatable bonds is 5. The smallest absolute Gasteiger partial charge is 0.263 e. The first kappa shape index (κ1) is 17.2. The van der Waals surface area contributed by atoms with E-state index in [1.165, 1.54) is 12.1 Å². The summed E-state index contributed by atoms with van der Waals surface area (Å²) in [6.45, 7) is 4.22. The van der Waals surface area contributed by atoms with Gasteiger partial charge in [-0.15, -0.1) is 0 Å². The van der Waals surface area contributed by atoms with Crippen molar-refractivity contribution in [1.29, 1.82) is 0 Å². The Kier molecular flexibility index (Phi) is 5.51. The summed E-state index contributed by atoms with van der Waals surface area (Å²) < 4.78 is 32.1. The molecule has 0 saturated carbocycles. The Balaban J connectivity index is 2.06. The van der Waals surface area contributed by atoms with Crippen LogP contribution in [0.5, 0.6) is 5.88 Å². The number of ether oxygens (including phenoxy) is 1. The zero-order chi connectivity index (χ0) is 16.9. The van der Waals surface area contributed by atoms with E-state index >= 15 is 0 Å². The summed E-state index contributed by atoms with van der Waals surface area (Å²) in [6.07, 6.45) is 1.55. The second kappa shape index (κ2) is 7.38. The fourth-order valence-electron chi connectivity index (χ4n) is 1.77. The minimum Gasteiger partial charge on any atom is -0.478 e. The van der Waals surface area contributed by atoms with Gasteiger partial charge in [-0.3, -0.25) is 4.72 Å². The first-order valence-electron chi connectivity index (χ1n) is 6.90. The summed E-state index contributed by atoms with van der Waals surface area (Å²) in [4.78, 5) is 4.17. The number of hydrogen-bond acceptors (Lipinski definition) is 5. The monoisotopic (exact) mass is 351 g/mol. The third kappa shape index (κ3) is 4.90. The summed E-state index contributed by atoms with van der Waals surface area (Å²) >= 11 is 5.06. The Morgan fingerprint density at radius 1 is 1.26 bits per heavy atom. The molecule has 0 aliphatic heterocycles. The summed E-state index contributed by atoms with van der Waals surface area (Å²) in [5.41, 5.74) is 1.56. The zero-order valence-electron chi connectivity index (χ0n) is 12.7. The van der Waals surface area contributed by atoms with Crippen LogP contribution in [0.3, 0.4) is 0 Å². The molecule has 1 aromatic heterocycles. The Hall–Kier alpha value is -2.19. The molecule has 0 radical (unpaired) electrons. The van der Waals surface area contributed by atoms with Crippen LogP contribution in [0.15, 0.2) is 47.5 Å². The molecule has 0 amide bonds. The largest absolute Gasteiger partial charge is 0.478 e. The summed E-state index contributed by atoms with van der Waals surface area (Å²) in [7, 11) is -3.72. The second-order valence-corrected chi connectivity index (χ2v) is 6.78. The predicted octanol–water partition coefficient (Wildman–Crippen LogP) is 2.46. The minimum atomic E-state index is -3.72. The molecular weight excluding hydrogens is 334 g/mol. The van der Waals surface area contributed by atoms with Crippen molar-refractivity contribution < 1.29 is 13.2 Å². The van der Waals surface area contributed by atoms with Crippen LogP contribution in [-0.4, -0.2) is 25.1 Å². The molecule has 0 fully saturated rings. The topological polar surface area (TPSA) is 80.3 Å². The number of nitrogens with zero attached hydrogens (tertiary/aromatic N) is 1. The lowest BCUT2D eigenvalue weighted by molar-refractivity contribution is 0.327. The predicted molar refractivity (Wildman–Crippen MR) is 93.1 cm³/mol. The molecule has 6 nitrogen and oxygen atoms in total. The lowest BCUT2D eigenvalue weighted by atomic mass is 10.2. The van der Waals surface area contributed by atoms with Crippen LogP contribution in [-0.2, 0) is 10.0 Å². The van der Waals surface area contributed by atoms with Crippen molar-refractivity contribution in [2.45, 2.75) is 18.7 Å². The summed E-state index contributed by atoms with van der Waals surface area (Å²) in [6, 6.07) is 9.80. The molecule has 2 N–H and O–H groups in total. The van der Waals surface area contributed by atoms with E-state index < -0.39 is 10.0 Å². The van der Waals surface area contributed by atoms with Crippen molar-refractivity contribution in [1.82, 2.24) is 9.71 Å². The van der Waals surface area contributed by atoms with Crippen LogP contribution in [0.25, 0.3) is 0 Å². The molecule has 0 unspecified atom stereocenters.